The molecule has 2 aromatic carbocycles. The van der Waals surface area contributed by atoms with Gasteiger partial charge >= 0.3 is 17.9 Å². The number of carboxylic acids is 3. The van der Waals surface area contributed by atoms with Crippen molar-refractivity contribution in [2.75, 3.05) is 0 Å². The van der Waals surface area contributed by atoms with Gasteiger partial charge in [-0.05, 0) is 35.4 Å². The van der Waals surface area contributed by atoms with E-state index in [2.05, 4.69) is 16.0 Å². The highest BCUT2D eigenvalue weighted by atomic mass is 16.4. The Morgan fingerprint density at radius 3 is 1.32 bits per heavy atom. The van der Waals surface area contributed by atoms with Crippen LogP contribution in [-0.2, 0) is 41.6 Å². The summed E-state index contributed by atoms with van der Waals surface area (Å²) in [5.74, 6) is -7.57. The van der Waals surface area contributed by atoms with Gasteiger partial charge in [-0.15, -0.1) is 0 Å². The number of aromatic hydroxyl groups is 2. The molecule has 10 N–H and O–H groups in total. The summed E-state index contributed by atoms with van der Waals surface area (Å²) < 4.78 is 0. The highest BCUT2D eigenvalue weighted by molar-refractivity contribution is 5.95. The number of carboxylic acid groups (broad SMARTS) is 3. The van der Waals surface area contributed by atoms with Gasteiger partial charge in [-0.2, -0.15) is 0 Å². The molecule has 2 aromatic rings. The van der Waals surface area contributed by atoms with Crippen LogP contribution in [0, 0.1) is 0 Å². The van der Waals surface area contributed by atoms with Crippen LogP contribution in [0.4, 0.5) is 0 Å². The fourth-order valence-corrected chi connectivity index (χ4v) is 3.63. The third-order valence-electron chi connectivity index (χ3n) is 5.74. The van der Waals surface area contributed by atoms with Gasteiger partial charge < -0.3 is 47.2 Å². The Bertz CT molecular complexity index is 1270. The molecule has 4 atom stereocenters. The zero-order chi connectivity index (χ0) is 30.7. The Kier molecular flexibility index (Phi) is 11.6. The van der Waals surface area contributed by atoms with Gasteiger partial charge in [0.05, 0.1) is 18.9 Å². The number of phenols is 2. The number of hydrogen-bond donors (Lipinski definition) is 9. The van der Waals surface area contributed by atoms with Crippen molar-refractivity contribution >= 4 is 35.6 Å². The van der Waals surface area contributed by atoms with Gasteiger partial charge in [0, 0.05) is 12.8 Å². The Labute approximate surface area is 233 Å². The number of benzene rings is 2. The number of phenolic OH excluding ortho intramolecular Hbond substituents is 2. The number of carbonyl (C=O) groups excluding carboxylic acids is 3. The molecule has 0 fully saturated rings. The standard InChI is InChI=1S/C26H30N4O11/c27-17(11-21(33)34)23(37)28-18(9-13-1-5-15(31)6-2-13)24(38)29-19(10-14-3-7-16(32)8-4-14)25(39)30-20(26(40)41)12-22(35)36/h1-8,17-20,31-32H,9-12,27H2,(H,28,37)(H,29,38)(H,30,39)(H,33,34)(H,35,36)(H,40,41). The molecule has 2 rings (SSSR count). The Morgan fingerprint density at radius 2 is 0.951 bits per heavy atom. The summed E-state index contributed by atoms with van der Waals surface area (Å²) in [5, 5.41) is 53.2. The van der Waals surface area contributed by atoms with Crippen LogP contribution >= 0.6 is 0 Å². The van der Waals surface area contributed by atoms with Crippen molar-refractivity contribution in [3.05, 3.63) is 59.7 Å². The second-order valence-electron chi connectivity index (χ2n) is 9.07. The first kappa shape index (κ1) is 32.0. The highest BCUT2D eigenvalue weighted by Crippen LogP contribution is 2.14. The first-order valence-corrected chi connectivity index (χ1v) is 12.1. The number of amides is 3. The normalized spacial score (nSPS) is 13.6. The molecule has 4 unspecified atom stereocenters. The Balaban J connectivity index is 2.35. The van der Waals surface area contributed by atoms with Crippen molar-refractivity contribution in [3.8, 4) is 11.5 Å². The molecule has 15 heteroatoms. The third kappa shape index (κ3) is 10.8. The first-order valence-electron chi connectivity index (χ1n) is 12.1. The number of aliphatic carboxylic acids is 3. The zero-order valence-electron chi connectivity index (χ0n) is 21.5. The van der Waals surface area contributed by atoms with Crippen LogP contribution in [0.1, 0.15) is 24.0 Å². The average molecular weight is 575 g/mol. The maximum Gasteiger partial charge on any atom is 0.326 e. The summed E-state index contributed by atoms with van der Waals surface area (Å²) in [6.07, 6.45) is -2.08. The fourth-order valence-electron chi connectivity index (χ4n) is 3.63. The van der Waals surface area contributed by atoms with Crippen LogP contribution in [0.5, 0.6) is 11.5 Å². The molecule has 0 aliphatic rings. The Hall–Kier alpha value is -5.18. The quantitative estimate of drug-likeness (QED) is 0.120. The van der Waals surface area contributed by atoms with Crippen molar-refractivity contribution < 1.29 is 54.3 Å². The van der Waals surface area contributed by atoms with E-state index < -0.39 is 72.6 Å². The molecular weight excluding hydrogens is 544 g/mol. The molecular formula is C26H30N4O11. The summed E-state index contributed by atoms with van der Waals surface area (Å²) in [6, 6.07) is 4.88. The molecule has 15 nitrogen and oxygen atoms in total. The van der Waals surface area contributed by atoms with Crippen LogP contribution in [-0.4, -0.2) is 85.3 Å². The van der Waals surface area contributed by atoms with E-state index in [0.717, 1.165) is 0 Å². The summed E-state index contributed by atoms with van der Waals surface area (Å²) >= 11 is 0. The second kappa shape index (κ2) is 14.8. The van der Waals surface area contributed by atoms with E-state index in [9.17, 15) is 44.1 Å². The topological polar surface area (TPSA) is 266 Å². The first-order chi connectivity index (χ1) is 19.2. The molecule has 220 valence electrons. The molecule has 0 aliphatic carbocycles. The van der Waals surface area contributed by atoms with Gasteiger partial charge in [-0.25, -0.2) is 4.79 Å². The summed E-state index contributed by atoms with van der Waals surface area (Å²) in [4.78, 5) is 72.6. The van der Waals surface area contributed by atoms with Crippen molar-refractivity contribution in [3.63, 3.8) is 0 Å². The molecule has 0 spiro atoms. The predicted octanol–water partition coefficient (Wildman–Crippen LogP) is -1.30. The van der Waals surface area contributed by atoms with Gasteiger partial charge in [0.15, 0.2) is 0 Å². The predicted molar refractivity (Wildman–Crippen MR) is 140 cm³/mol. The summed E-state index contributed by atoms with van der Waals surface area (Å²) in [6.45, 7) is 0. The lowest BCUT2D eigenvalue weighted by molar-refractivity contribution is -0.147. The number of hydrogen-bond acceptors (Lipinski definition) is 9. The molecule has 0 bridgehead atoms. The van der Waals surface area contributed by atoms with Gasteiger partial charge in [-0.1, -0.05) is 24.3 Å². The van der Waals surface area contributed by atoms with Crippen molar-refractivity contribution in [2.24, 2.45) is 5.73 Å². The van der Waals surface area contributed by atoms with E-state index in [4.69, 9.17) is 15.9 Å². The van der Waals surface area contributed by atoms with E-state index in [1.54, 1.807) is 0 Å². The van der Waals surface area contributed by atoms with E-state index >= 15 is 0 Å². The highest BCUT2D eigenvalue weighted by Gasteiger charge is 2.31. The molecule has 0 saturated carbocycles. The zero-order valence-corrected chi connectivity index (χ0v) is 21.5. The lowest BCUT2D eigenvalue weighted by Gasteiger charge is -2.25. The van der Waals surface area contributed by atoms with Gasteiger partial charge in [0.25, 0.3) is 0 Å². The van der Waals surface area contributed by atoms with Crippen LogP contribution in [0.15, 0.2) is 48.5 Å². The van der Waals surface area contributed by atoms with Crippen molar-refractivity contribution in [1.29, 1.82) is 0 Å². The molecule has 0 aromatic heterocycles. The monoisotopic (exact) mass is 574 g/mol. The number of nitrogens with one attached hydrogen (secondary N) is 3. The van der Waals surface area contributed by atoms with Crippen LogP contribution < -0.4 is 21.7 Å². The molecule has 0 heterocycles. The summed E-state index contributed by atoms with van der Waals surface area (Å²) in [7, 11) is 0. The van der Waals surface area contributed by atoms with Gasteiger partial charge in [0.1, 0.15) is 29.6 Å². The van der Waals surface area contributed by atoms with Crippen LogP contribution in [0.2, 0.25) is 0 Å². The van der Waals surface area contributed by atoms with Gasteiger partial charge in [-0.3, -0.25) is 24.0 Å². The lowest BCUT2D eigenvalue weighted by Crippen LogP contribution is -2.58. The lowest BCUT2D eigenvalue weighted by atomic mass is 10.0. The van der Waals surface area contributed by atoms with E-state index in [1.165, 1.54) is 48.5 Å². The average Bonchev–Trinajstić information content (AvgIpc) is 2.89. The minimum atomic E-state index is -1.82. The molecule has 0 radical (unpaired) electrons. The SMILES string of the molecule is NC(CC(=O)O)C(=O)NC(Cc1ccc(O)cc1)C(=O)NC(Cc1ccc(O)cc1)C(=O)NC(CC(=O)O)C(=O)O. The van der Waals surface area contributed by atoms with Crippen molar-refractivity contribution in [2.45, 2.75) is 49.9 Å². The maximum atomic E-state index is 13.4. The van der Waals surface area contributed by atoms with E-state index in [1.807, 2.05) is 0 Å². The molecule has 0 saturated heterocycles. The number of carbonyl (C=O) groups is 6. The third-order valence-corrected chi connectivity index (χ3v) is 5.74. The minimum Gasteiger partial charge on any atom is -0.508 e. The molecule has 41 heavy (non-hydrogen) atoms. The largest absolute Gasteiger partial charge is 0.508 e. The minimum absolute atomic E-state index is 0.0674. The Morgan fingerprint density at radius 1 is 0.585 bits per heavy atom. The van der Waals surface area contributed by atoms with Crippen LogP contribution in [0.3, 0.4) is 0 Å². The molecule has 0 aliphatic heterocycles. The van der Waals surface area contributed by atoms with E-state index in [-0.39, 0.29) is 24.3 Å². The van der Waals surface area contributed by atoms with E-state index in [0.29, 0.717) is 11.1 Å². The number of rotatable bonds is 15. The molecule has 3 amide bonds. The van der Waals surface area contributed by atoms with Crippen molar-refractivity contribution in [1.82, 2.24) is 16.0 Å². The number of nitrogens with two attached hydrogens (primary N) is 1. The maximum absolute atomic E-state index is 13.4. The van der Waals surface area contributed by atoms with Gasteiger partial charge in [0.2, 0.25) is 17.7 Å². The summed E-state index contributed by atoms with van der Waals surface area (Å²) in [5.41, 5.74) is 6.51. The van der Waals surface area contributed by atoms with Crippen LogP contribution in [0.25, 0.3) is 0 Å². The smallest absolute Gasteiger partial charge is 0.326 e. The fraction of sp³-hybridized carbons (Fsp3) is 0.308. The second-order valence-corrected chi connectivity index (χ2v) is 9.07.